The molecular weight excluding hydrogens is 276 g/mol. The minimum absolute atomic E-state index is 0.117. The maximum absolute atomic E-state index is 12.3. The van der Waals surface area contributed by atoms with Gasteiger partial charge in [0.05, 0.1) is 0 Å². The molecule has 4 nitrogen and oxygen atoms in total. The van der Waals surface area contributed by atoms with Crippen LogP contribution in [0.25, 0.3) is 0 Å². The van der Waals surface area contributed by atoms with Crippen molar-refractivity contribution in [1.29, 1.82) is 0 Å². The summed E-state index contributed by atoms with van der Waals surface area (Å²) in [6.07, 6.45) is 6.63. The van der Waals surface area contributed by atoms with Gasteiger partial charge in [-0.15, -0.1) is 0 Å². The van der Waals surface area contributed by atoms with Crippen LogP contribution >= 0.6 is 0 Å². The number of carbonyl (C=O) groups excluding carboxylic acids is 1. The summed E-state index contributed by atoms with van der Waals surface area (Å²) in [5.74, 6) is 0.228. The molecule has 1 fully saturated rings. The van der Waals surface area contributed by atoms with E-state index in [0.717, 1.165) is 12.8 Å². The van der Waals surface area contributed by atoms with Crippen LogP contribution in [0.1, 0.15) is 79.6 Å². The van der Waals surface area contributed by atoms with Crippen LogP contribution in [0.4, 0.5) is 0 Å². The Balaban J connectivity index is 2.49. The Morgan fingerprint density at radius 3 is 2.23 bits per heavy atom. The van der Waals surface area contributed by atoms with Crippen molar-refractivity contribution >= 4 is 5.91 Å². The van der Waals surface area contributed by atoms with E-state index < -0.39 is 12.1 Å². The molecule has 0 aromatic heterocycles. The van der Waals surface area contributed by atoms with Crippen LogP contribution in [0, 0.1) is 11.3 Å². The van der Waals surface area contributed by atoms with Crippen molar-refractivity contribution in [3.05, 3.63) is 0 Å². The van der Waals surface area contributed by atoms with Crippen molar-refractivity contribution in [2.75, 3.05) is 0 Å². The topological polar surface area (TPSA) is 75.3 Å². The predicted molar refractivity (Wildman–Crippen MR) is 91.5 cm³/mol. The molecule has 1 aliphatic rings. The fourth-order valence-corrected chi connectivity index (χ4v) is 3.91. The molecule has 1 rings (SSSR count). The second-order valence-corrected chi connectivity index (χ2v) is 8.96. The predicted octanol–water partition coefficient (Wildman–Crippen LogP) is 2.98. The normalized spacial score (nSPS) is 20.5. The van der Waals surface area contributed by atoms with Crippen LogP contribution in [0.5, 0.6) is 0 Å². The highest BCUT2D eigenvalue weighted by Gasteiger charge is 2.32. The first kappa shape index (κ1) is 19.4. The summed E-state index contributed by atoms with van der Waals surface area (Å²) in [4.78, 5) is 12.3. The van der Waals surface area contributed by atoms with E-state index >= 15 is 0 Å². The highest BCUT2D eigenvalue weighted by Crippen LogP contribution is 2.28. The van der Waals surface area contributed by atoms with E-state index in [2.05, 4.69) is 26.1 Å². The number of carbonyl (C=O) groups is 1. The lowest BCUT2D eigenvalue weighted by Crippen LogP contribution is -2.54. The highest BCUT2D eigenvalue weighted by molar-refractivity contribution is 5.81. The first-order valence-electron chi connectivity index (χ1n) is 8.76. The molecule has 0 bridgehead atoms. The molecule has 0 saturated heterocycles. The van der Waals surface area contributed by atoms with Crippen molar-refractivity contribution in [2.45, 2.75) is 97.2 Å². The fraction of sp³-hybridized carbons (Fsp3) is 0.944. The number of rotatable bonds is 6. The van der Waals surface area contributed by atoms with Crippen LogP contribution in [-0.4, -0.2) is 28.7 Å². The molecule has 0 heterocycles. The zero-order valence-electron chi connectivity index (χ0n) is 15.1. The minimum Gasteiger partial charge on any atom is -0.382 e. The van der Waals surface area contributed by atoms with E-state index in [1.165, 1.54) is 32.1 Å². The number of nitrogens with one attached hydrogen (secondary N) is 1. The van der Waals surface area contributed by atoms with Gasteiger partial charge in [-0.1, -0.05) is 52.9 Å². The summed E-state index contributed by atoms with van der Waals surface area (Å²) in [6, 6.07) is -0.464. The van der Waals surface area contributed by atoms with Gasteiger partial charge in [0.15, 0.2) is 0 Å². The molecule has 0 aromatic carbocycles. The van der Waals surface area contributed by atoms with Gasteiger partial charge in [-0.25, -0.2) is 0 Å². The lowest BCUT2D eigenvalue weighted by Gasteiger charge is -2.35. The Bertz CT molecular complexity index is 355. The van der Waals surface area contributed by atoms with Gasteiger partial charge in [0.1, 0.15) is 6.10 Å². The smallest absolute Gasteiger partial charge is 0.250 e. The van der Waals surface area contributed by atoms with Crippen LogP contribution in [0.15, 0.2) is 0 Å². The van der Waals surface area contributed by atoms with E-state index in [9.17, 15) is 9.90 Å². The first-order valence-corrected chi connectivity index (χ1v) is 8.76. The standard InChI is InChI=1S/C18H36N2O2/c1-17(2,3)12-18(4,5)20-16(22)15(21)14(19)11-13-9-7-6-8-10-13/h13-15,21H,6-12,19H2,1-5H3,(H,20,22)/t14-,15?/m1/s1. The van der Waals surface area contributed by atoms with Gasteiger partial charge < -0.3 is 16.2 Å². The third-order valence-corrected chi connectivity index (χ3v) is 4.44. The Kier molecular flexibility index (Phi) is 6.87. The van der Waals surface area contributed by atoms with E-state index in [-0.39, 0.29) is 16.9 Å². The molecule has 0 radical (unpaired) electrons. The number of aliphatic hydroxyl groups is 1. The second-order valence-electron chi connectivity index (χ2n) is 8.96. The van der Waals surface area contributed by atoms with Crippen LogP contribution in [0.2, 0.25) is 0 Å². The molecule has 1 amide bonds. The summed E-state index contributed by atoms with van der Waals surface area (Å²) in [7, 11) is 0. The van der Waals surface area contributed by atoms with Crippen molar-refractivity contribution < 1.29 is 9.90 Å². The molecule has 130 valence electrons. The van der Waals surface area contributed by atoms with Gasteiger partial charge in [-0.05, 0) is 38.0 Å². The molecule has 4 heteroatoms. The van der Waals surface area contributed by atoms with Crippen molar-refractivity contribution in [1.82, 2.24) is 5.32 Å². The van der Waals surface area contributed by atoms with E-state index in [0.29, 0.717) is 5.92 Å². The molecule has 1 aliphatic carbocycles. The summed E-state index contributed by atoms with van der Waals surface area (Å²) in [5, 5.41) is 13.2. The van der Waals surface area contributed by atoms with E-state index in [1.54, 1.807) is 0 Å². The van der Waals surface area contributed by atoms with Crippen LogP contribution in [-0.2, 0) is 4.79 Å². The third-order valence-electron chi connectivity index (χ3n) is 4.44. The maximum atomic E-state index is 12.3. The van der Waals surface area contributed by atoms with Crippen molar-refractivity contribution in [3.63, 3.8) is 0 Å². The van der Waals surface area contributed by atoms with Gasteiger partial charge >= 0.3 is 0 Å². The summed E-state index contributed by atoms with van der Waals surface area (Å²) < 4.78 is 0. The number of hydrogen-bond donors (Lipinski definition) is 3. The number of nitrogens with two attached hydrogens (primary N) is 1. The van der Waals surface area contributed by atoms with Crippen molar-refractivity contribution in [2.24, 2.45) is 17.1 Å². The number of amides is 1. The van der Waals surface area contributed by atoms with Crippen LogP contribution < -0.4 is 11.1 Å². The average molecular weight is 312 g/mol. The second kappa shape index (κ2) is 7.78. The molecule has 1 saturated carbocycles. The SMILES string of the molecule is CC(C)(C)CC(C)(C)NC(=O)C(O)[C@H](N)CC1CCCCC1. The Morgan fingerprint density at radius 2 is 1.73 bits per heavy atom. The van der Waals surface area contributed by atoms with Gasteiger partial charge in [-0.3, -0.25) is 4.79 Å². The molecule has 2 atom stereocenters. The van der Waals surface area contributed by atoms with E-state index in [4.69, 9.17) is 5.73 Å². The zero-order valence-corrected chi connectivity index (χ0v) is 15.1. The summed E-state index contributed by atoms with van der Waals surface area (Å²) in [5.41, 5.74) is 5.85. The first-order chi connectivity index (χ1) is 10.0. The Morgan fingerprint density at radius 1 is 1.18 bits per heavy atom. The summed E-state index contributed by atoms with van der Waals surface area (Å²) in [6.45, 7) is 10.4. The lowest BCUT2D eigenvalue weighted by molar-refractivity contribution is -0.132. The van der Waals surface area contributed by atoms with Crippen LogP contribution in [0.3, 0.4) is 0 Å². The van der Waals surface area contributed by atoms with Gasteiger partial charge in [0, 0.05) is 11.6 Å². The Labute approximate surface area is 136 Å². The molecule has 0 aromatic rings. The Hall–Kier alpha value is -0.610. The average Bonchev–Trinajstić information content (AvgIpc) is 2.35. The summed E-state index contributed by atoms with van der Waals surface area (Å²) >= 11 is 0. The number of hydrogen-bond acceptors (Lipinski definition) is 3. The third kappa shape index (κ3) is 7.10. The fourth-order valence-electron chi connectivity index (χ4n) is 3.91. The highest BCUT2D eigenvalue weighted by atomic mass is 16.3. The van der Waals surface area contributed by atoms with E-state index in [1.807, 2.05) is 13.8 Å². The van der Waals surface area contributed by atoms with Gasteiger partial charge in [-0.2, -0.15) is 0 Å². The molecule has 22 heavy (non-hydrogen) atoms. The van der Waals surface area contributed by atoms with Gasteiger partial charge in [0.25, 0.3) is 5.91 Å². The maximum Gasteiger partial charge on any atom is 0.250 e. The molecule has 0 spiro atoms. The molecule has 4 N–H and O–H groups in total. The number of aliphatic hydroxyl groups excluding tert-OH is 1. The molecule has 1 unspecified atom stereocenters. The molecular formula is C18H36N2O2. The van der Waals surface area contributed by atoms with Crippen molar-refractivity contribution in [3.8, 4) is 0 Å². The largest absolute Gasteiger partial charge is 0.382 e. The lowest BCUT2D eigenvalue weighted by atomic mass is 9.81. The van der Waals surface area contributed by atoms with Gasteiger partial charge in [0.2, 0.25) is 0 Å². The quantitative estimate of drug-likeness (QED) is 0.706. The monoisotopic (exact) mass is 312 g/mol. The zero-order chi connectivity index (χ0) is 17.0. The minimum atomic E-state index is -1.11. The molecule has 0 aliphatic heterocycles.